The highest BCUT2D eigenvalue weighted by molar-refractivity contribution is 6.33. The number of carbonyl (C=O) groups is 1. The molecule has 0 saturated carbocycles. The Balaban J connectivity index is 2.69. The third-order valence-electron chi connectivity index (χ3n) is 3.14. The van der Waals surface area contributed by atoms with Crippen molar-refractivity contribution >= 4 is 17.5 Å². The lowest BCUT2D eigenvalue weighted by atomic mass is 10.0. The van der Waals surface area contributed by atoms with Gasteiger partial charge >= 0.3 is 0 Å². The van der Waals surface area contributed by atoms with Gasteiger partial charge in [0, 0.05) is 24.5 Å². The van der Waals surface area contributed by atoms with Crippen molar-refractivity contribution in [2.24, 2.45) is 5.92 Å². The Morgan fingerprint density at radius 1 is 1.47 bits per heavy atom. The summed E-state index contributed by atoms with van der Waals surface area (Å²) < 4.78 is 0. The standard InChI is InChI=1S/C14H22ClN3O/c1-9(2)13(18(4)5)8-17-14(19)11-7-16-10(3)6-12(11)15/h6-7,9,13H,8H2,1-5H3,(H,17,19). The number of hydrogen-bond acceptors (Lipinski definition) is 3. The predicted molar refractivity (Wildman–Crippen MR) is 78.6 cm³/mol. The Bertz CT molecular complexity index is 438. The summed E-state index contributed by atoms with van der Waals surface area (Å²) in [6.07, 6.45) is 1.52. The SMILES string of the molecule is Cc1cc(Cl)c(C(=O)NCC(C(C)C)N(C)C)cn1. The molecule has 0 fully saturated rings. The van der Waals surface area contributed by atoms with Crippen LogP contribution in [0.4, 0.5) is 0 Å². The molecule has 1 rings (SSSR count). The van der Waals surface area contributed by atoms with Crippen LogP contribution >= 0.6 is 11.6 Å². The lowest BCUT2D eigenvalue weighted by Gasteiger charge is -2.28. The van der Waals surface area contributed by atoms with E-state index in [0.717, 1.165) is 5.69 Å². The molecule has 0 aliphatic rings. The van der Waals surface area contributed by atoms with Crippen molar-refractivity contribution in [2.45, 2.75) is 26.8 Å². The molecule has 0 saturated heterocycles. The lowest BCUT2D eigenvalue weighted by molar-refractivity contribution is 0.0934. The van der Waals surface area contributed by atoms with Gasteiger partial charge in [-0.1, -0.05) is 25.4 Å². The van der Waals surface area contributed by atoms with E-state index < -0.39 is 0 Å². The molecule has 0 spiro atoms. The van der Waals surface area contributed by atoms with Crippen LogP contribution in [0.3, 0.4) is 0 Å². The van der Waals surface area contributed by atoms with Gasteiger partial charge in [0.25, 0.3) is 5.91 Å². The number of amides is 1. The Hall–Kier alpha value is -1.13. The predicted octanol–water partition coefficient (Wildman–Crippen LogP) is 2.36. The summed E-state index contributed by atoms with van der Waals surface area (Å²) in [5.74, 6) is 0.284. The van der Waals surface area contributed by atoms with Crippen LogP contribution in [-0.2, 0) is 0 Å². The number of carbonyl (C=O) groups excluding carboxylic acids is 1. The minimum absolute atomic E-state index is 0.176. The van der Waals surface area contributed by atoms with Crippen LogP contribution in [0.5, 0.6) is 0 Å². The second kappa shape index (κ2) is 6.87. The molecule has 1 amide bonds. The average molecular weight is 284 g/mol. The number of halogens is 1. The number of aryl methyl sites for hydroxylation is 1. The van der Waals surface area contributed by atoms with Gasteiger partial charge in [-0.2, -0.15) is 0 Å². The van der Waals surface area contributed by atoms with Crippen molar-refractivity contribution in [1.29, 1.82) is 0 Å². The largest absolute Gasteiger partial charge is 0.350 e. The summed E-state index contributed by atoms with van der Waals surface area (Å²) in [5, 5.41) is 3.36. The smallest absolute Gasteiger partial charge is 0.254 e. The van der Waals surface area contributed by atoms with Gasteiger partial charge in [0.1, 0.15) is 0 Å². The quantitative estimate of drug-likeness (QED) is 0.902. The first-order chi connectivity index (χ1) is 8.82. The van der Waals surface area contributed by atoms with Crippen molar-refractivity contribution in [1.82, 2.24) is 15.2 Å². The van der Waals surface area contributed by atoms with Crippen LogP contribution in [-0.4, -0.2) is 42.5 Å². The zero-order chi connectivity index (χ0) is 14.6. The highest BCUT2D eigenvalue weighted by Gasteiger charge is 2.18. The van der Waals surface area contributed by atoms with Gasteiger partial charge in [-0.25, -0.2) is 0 Å². The van der Waals surface area contributed by atoms with Gasteiger partial charge in [0.2, 0.25) is 0 Å². The molecule has 5 heteroatoms. The summed E-state index contributed by atoms with van der Waals surface area (Å²) in [7, 11) is 4.02. The van der Waals surface area contributed by atoms with E-state index in [9.17, 15) is 4.79 Å². The van der Waals surface area contributed by atoms with Crippen molar-refractivity contribution in [3.05, 3.63) is 28.5 Å². The van der Waals surface area contributed by atoms with E-state index >= 15 is 0 Å². The molecule has 19 heavy (non-hydrogen) atoms. The molecule has 0 aliphatic heterocycles. The van der Waals surface area contributed by atoms with Crippen molar-refractivity contribution in [2.75, 3.05) is 20.6 Å². The molecule has 1 heterocycles. The monoisotopic (exact) mass is 283 g/mol. The van der Waals surface area contributed by atoms with Gasteiger partial charge in [-0.15, -0.1) is 0 Å². The summed E-state index contributed by atoms with van der Waals surface area (Å²) in [4.78, 5) is 18.3. The number of rotatable bonds is 5. The summed E-state index contributed by atoms with van der Waals surface area (Å²) >= 11 is 6.05. The number of likely N-dealkylation sites (N-methyl/N-ethyl adjacent to an activating group) is 1. The fraction of sp³-hybridized carbons (Fsp3) is 0.571. The first-order valence-electron chi connectivity index (χ1n) is 6.39. The van der Waals surface area contributed by atoms with E-state index in [4.69, 9.17) is 11.6 Å². The van der Waals surface area contributed by atoms with E-state index in [1.54, 1.807) is 6.07 Å². The zero-order valence-corrected chi connectivity index (χ0v) is 13.0. The maximum absolute atomic E-state index is 12.1. The van der Waals surface area contributed by atoms with Crippen LogP contribution in [0.1, 0.15) is 29.9 Å². The maximum atomic E-state index is 12.1. The Morgan fingerprint density at radius 3 is 2.58 bits per heavy atom. The molecule has 0 aliphatic carbocycles. The average Bonchev–Trinajstić information content (AvgIpc) is 2.27. The molecule has 0 bridgehead atoms. The van der Waals surface area contributed by atoms with Crippen LogP contribution in [0.15, 0.2) is 12.3 Å². The van der Waals surface area contributed by atoms with E-state index in [2.05, 4.69) is 29.0 Å². The molecule has 1 aromatic heterocycles. The van der Waals surface area contributed by atoms with Gasteiger partial charge in [-0.05, 0) is 33.0 Å². The van der Waals surface area contributed by atoms with E-state index in [1.165, 1.54) is 6.20 Å². The molecule has 4 nitrogen and oxygen atoms in total. The minimum Gasteiger partial charge on any atom is -0.350 e. The molecular formula is C14H22ClN3O. The molecule has 0 radical (unpaired) electrons. The van der Waals surface area contributed by atoms with Crippen LogP contribution < -0.4 is 5.32 Å². The Labute approximate surface area is 120 Å². The van der Waals surface area contributed by atoms with Gasteiger partial charge < -0.3 is 10.2 Å². The first kappa shape index (κ1) is 15.9. The first-order valence-corrected chi connectivity index (χ1v) is 6.77. The number of aromatic nitrogens is 1. The molecule has 1 unspecified atom stereocenters. The molecule has 1 N–H and O–H groups in total. The van der Waals surface area contributed by atoms with Crippen LogP contribution in [0, 0.1) is 12.8 Å². The summed E-state index contributed by atoms with van der Waals surface area (Å²) in [6, 6.07) is 1.99. The molecule has 1 aromatic rings. The molecule has 0 aromatic carbocycles. The van der Waals surface area contributed by atoms with Crippen molar-refractivity contribution in [3.8, 4) is 0 Å². The molecular weight excluding hydrogens is 262 g/mol. The summed E-state index contributed by atoms with van der Waals surface area (Å²) in [5.41, 5.74) is 1.23. The topological polar surface area (TPSA) is 45.2 Å². The molecule has 1 atom stereocenters. The van der Waals surface area contributed by atoms with Crippen LogP contribution in [0.25, 0.3) is 0 Å². The van der Waals surface area contributed by atoms with Crippen molar-refractivity contribution < 1.29 is 4.79 Å². The van der Waals surface area contributed by atoms with Gasteiger partial charge in [0.15, 0.2) is 0 Å². The second-order valence-electron chi connectivity index (χ2n) is 5.29. The van der Waals surface area contributed by atoms with Gasteiger partial charge in [0.05, 0.1) is 10.6 Å². The molecule has 106 valence electrons. The highest BCUT2D eigenvalue weighted by Crippen LogP contribution is 2.15. The number of hydrogen-bond donors (Lipinski definition) is 1. The normalized spacial score (nSPS) is 12.8. The maximum Gasteiger partial charge on any atom is 0.254 e. The third kappa shape index (κ3) is 4.48. The third-order valence-corrected chi connectivity index (χ3v) is 3.45. The fourth-order valence-corrected chi connectivity index (χ4v) is 2.29. The van der Waals surface area contributed by atoms with Crippen LogP contribution in [0.2, 0.25) is 5.02 Å². The minimum atomic E-state index is -0.176. The summed E-state index contributed by atoms with van der Waals surface area (Å²) in [6.45, 7) is 6.70. The Kier molecular flexibility index (Phi) is 5.76. The van der Waals surface area contributed by atoms with Gasteiger partial charge in [-0.3, -0.25) is 9.78 Å². The van der Waals surface area contributed by atoms with E-state index in [1.807, 2.05) is 21.0 Å². The van der Waals surface area contributed by atoms with E-state index in [0.29, 0.717) is 29.1 Å². The van der Waals surface area contributed by atoms with E-state index in [-0.39, 0.29) is 5.91 Å². The lowest BCUT2D eigenvalue weighted by Crippen LogP contribution is -2.43. The number of nitrogens with one attached hydrogen (secondary N) is 1. The van der Waals surface area contributed by atoms with Crippen molar-refractivity contribution in [3.63, 3.8) is 0 Å². The fourth-order valence-electron chi connectivity index (χ4n) is 2.00. The number of nitrogens with zero attached hydrogens (tertiary/aromatic N) is 2. The number of pyridine rings is 1. The highest BCUT2D eigenvalue weighted by atomic mass is 35.5. The Morgan fingerprint density at radius 2 is 2.11 bits per heavy atom. The second-order valence-corrected chi connectivity index (χ2v) is 5.70. The zero-order valence-electron chi connectivity index (χ0n) is 12.2.